The predicted octanol–water partition coefficient (Wildman–Crippen LogP) is 2.97. The molecule has 2 N–H and O–H groups in total. The number of rotatable bonds is 4. The third-order valence-corrected chi connectivity index (χ3v) is 8.68. The Balaban J connectivity index is 1.49. The van der Waals surface area contributed by atoms with Gasteiger partial charge >= 0.3 is 0 Å². The summed E-state index contributed by atoms with van der Waals surface area (Å²) in [6.45, 7) is 2.31. The van der Waals surface area contributed by atoms with E-state index >= 15 is 0 Å². The molecule has 130 valence electrons. The minimum absolute atomic E-state index is 0.212. The number of piperidine rings is 1. The van der Waals surface area contributed by atoms with Crippen molar-refractivity contribution >= 4 is 17.2 Å². The summed E-state index contributed by atoms with van der Waals surface area (Å²) in [6, 6.07) is 3.97. The van der Waals surface area contributed by atoms with Crippen LogP contribution in [0.1, 0.15) is 53.1 Å². The van der Waals surface area contributed by atoms with Gasteiger partial charge in [0, 0.05) is 42.5 Å². The van der Waals surface area contributed by atoms with E-state index in [1.165, 1.54) is 43.4 Å². The van der Waals surface area contributed by atoms with Crippen LogP contribution in [0.2, 0.25) is 0 Å². The number of carbonyl (C=O) groups excluding carboxylic acids is 1. The van der Waals surface area contributed by atoms with Crippen LogP contribution in [0.5, 0.6) is 0 Å². The van der Waals surface area contributed by atoms with Crippen LogP contribution < -0.4 is 5.73 Å². The molecular formula is C19H26N2O2S. The van der Waals surface area contributed by atoms with Crippen LogP contribution >= 0.6 is 11.3 Å². The Bertz CT molecular complexity index is 654. The highest BCUT2D eigenvalue weighted by atomic mass is 32.1. The Labute approximate surface area is 147 Å². The number of nitrogens with two attached hydrogens (primary N) is 1. The first-order valence-electron chi connectivity index (χ1n) is 9.28. The molecule has 1 aromatic heterocycles. The first-order valence-corrected chi connectivity index (χ1v) is 10.1. The minimum atomic E-state index is -0.325. The SMILES string of the molecule is CO[C@@]1(c2ccc(C(N)=O)s2)[C@@H]2CCC[C@H]1CN(C13CC(C1)C3)C2. The summed E-state index contributed by atoms with van der Waals surface area (Å²) < 4.78 is 6.28. The third kappa shape index (κ3) is 1.84. The molecule has 2 heterocycles. The summed E-state index contributed by atoms with van der Waals surface area (Å²) in [7, 11) is 1.87. The highest BCUT2D eigenvalue weighted by Gasteiger charge is 2.64. The Morgan fingerprint density at radius 2 is 1.92 bits per heavy atom. The zero-order valence-electron chi connectivity index (χ0n) is 14.3. The van der Waals surface area contributed by atoms with Crippen molar-refractivity contribution in [3.63, 3.8) is 0 Å². The fourth-order valence-corrected chi connectivity index (χ4v) is 7.34. The van der Waals surface area contributed by atoms with Gasteiger partial charge in [-0.3, -0.25) is 9.69 Å². The molecule has 6 rings (SSSR count). The molecule has 4 bridgehead atoms. The molecule has 0 radical (unpaired) electrons. The largest absolute Gasteiger partial charge is 0.372 e. The molecule has 3 atom stereocenters. The van der Waals surface area contributed by atoms with Crippen molar-refractivity contribution < 1.29 is 9.53 Å². The van der Waals surface area contributed by atoms with Crippen molar-refractivity contribution in [1.82, 2.24) is 4.90 Å². The molecule has 4 saturated carbocycles. The second-order valence-electron chi connectivity index (χ2n) is 8.46. The van der Waals surface area contributed by atoms with Gasteiger partial charge in [0.25, 0.3) is 5.91 Å². The van der Waals surface area contributed by atoms with E-state index in [1.807, 2.05) is 13.2 Å². The molecule has 0 spiro atoms. The highest BCUT2D eigenvalue weighted by molar-refractivity contribution is 7.14. The van der Waals surface area contributed by atoms with Crippen LogP contribution in [-0.2, 0) is 10.3 Å². The molecule has 5 heteroatoms. The van der Waals surface area contributed by atoms with Crippen molar-refractivity contribution in [3.05, 3.63) is 21.9 Å². The second-order valence-corrected chi connectivity index (χ2v) is 9.54. The smallest absolute Gasteiger partial charge is 0.258 e. The average molecular weight is 346 g/mol. The van der Waals surface area contributed by atoms with Gasteiger partial charge in [-0.05, 0) is 50.2 Å². The maximum atomic E-state index is 11.6. The van der Waals surface area contributed by atoms with Crippen LogP contribution in [0, 0.1) is 17.8 Å². The van der Waals surface area contributed by atoms with Gasteiger partial charge in [0.2, 0.25) is 0 Å². The molecule has 1 aliphatic heterocycles. The van der Waals surface area contributed by atoms with E-state index in [0.29, 0.717) is 22.3 Å². The van der Waals surface area contributed by atoms with Gasteiger partial charge in [-0.25, -0.2) is 0 Å². The lowest BCUT2D eigenvalue weighted by Crippen LogP contribution is -2.73. The van der Waals surface area contributed by atoms with Crippen LogP contribution in [0.4, 0.5) is 0 Å². The molecule has 24 heavy (non-hydrogen) atoms. The molecule has 5 fully saturated rings. The predicted molar refractivity (Wildman–Crippen MR) is 94.0 cm³/mol. The Hall–Kier alpha value is -0.910. The molecule has 0 unspecified atom stereocenters. The molecule has 1 saturated heterocycles. The summed E-state index contributed by atoms with van der Waals surface area (Å²) in [6.07, 6.45) is 8.04. The molecule has 5 aliphatic rings. The number of hydrogen-bond donors (Lipinski definition) is 1. The minimum Gasteiger partial charge on any atom is -0.372 e. The number of amides is 1. The Morgan fingerprint density at radius 1 is 1.25 bits per heavy atom. The number of nitrogens with zero attached hydrogens (tertiary/aromatic N) is 1. The van der Waals surface area contributed by atoms with Crippen molar-refractivity contribution in [2.24, 2.45) is 23.5 Å². The van der Waals surface area contributed by atoms with Crippen LogP contribution in [-0.4, -0.2) is 36.5 Å². The maximum absolute atomic E-state index is 11.6. The summed E-state index contributed by atoms with van der Waals surface area (Å²) in [5.74, 6) is 1.76. The summed E-state index contributed by atoms with van der Waals surface area (Å²) in [4.78, 5) is 16.2. The summed E-state index contributed by atoms with van der Waals surface area (Å²) in [5, 5.41) is 0. The quantitative estimate of drug-likeness (QED) is 0.912. The van der Waals surface area contributed by atoms with E-state index in [2.05, 4.69) is 11.0 Å². The lowest BCUT2D eigenvalue weighted by molar-refractivity contribution is -0.225. The lowest BCUT2D eigenvalue weighted by Gasteiger charge is -2.70. The van der Waals surface area contributed by atoms with Crippen LogP contribution in [0.3, 0.4) is 0 Å². The van der Waals surface area contributed by atoms with E-state index in [9.17, 15) is 4.79 Å². The first-order chi connectivity index (χ1) is 11.6. The maximum Gasteiger partial charge on any atom is 0.258 e. The van der Waals surface area contributed by atoms with Crippen molar-refractivity contribution in [2.45, 2.75) is 49.7 Å². The van der Waals surface area contributed by atoms with E-state index in [-0.39, 0.29) is 11.5 Å². The Kier molecular flexibility index (Phi) is 3.23. The van der Waals surface area contributed by atoms with Crippen molar-refractivity contribution in [3.8, 4) is 0 Å². The zero-order valence-corrected chi connectivity index (χ0v) is 15.1. The van der Waals surface area contributed by atoms with Crippen molar-refractivity contribution in [2.75, 3.05) is 20.2 Å². The number of methoxy groups -OCH3 is 1. The highest BCUT2D eigenvalue weighted by Crippen LogP contribution is 2.63. The van der Waals surface area contributed by atoms with Gasteiger partial charge in [0.15, 0.2) is 0 Å². The van der Waals surface area contributed by atoms with E-state index in [0.717, 1.165) is 19.0 Å². The number of likely N-dealkylation sites (tertiary alicyclic amines) is 1. The van der Waals surface area contributed by atoms with Gasteiger partial charge in [-0.15, -0.1) is 11.3 Å². The van der Waals surface area contributed by atoms with E-state index < -0.39 is 0 Å². The average Bonchev–Trinajstić information content (AvgIpc) is 2.93. The number of ether oxygens (including phenoxy) is 1. The first kappa shape index (κ1) is 15.4. The van der Waals surface area contributed by atoms with Crippen LogP contribution in [0.15, 0.2) is 12.1 Å². The van der Waals surface area contributed by atoms with Gasteiger partial charge in [0.05, 0.1) is 4.88 Å². The molecule has 4 nitrogen and oxygen atoms in total. The fraction of sp³-hybridized carbons (Fsp3) is 0.737. The number of carbonyl (C=O) groups is 1. The number of fused-ring (bicyclic) bond motifs is 2. The van der Waals surface area contributed by atoms with Gasteiger partial charge < -0.3 is 10.5 Å². The monoisotopic (exact) mass is 346 g/mol. The van der Waals surface area contributed by atoms with Gasteiger partial charge in [0.1, 0.15) is 5.60 Å². The summed E-state index contributed by atoms with van der Waals surface area (Å²) >= 11 is 1.55. The molecule has 1 aromatic rings. The molecule has 1 amide bonds. The molecule has 0 aromatic carbocycles. The number of thiophene rings is 1. The fourth-order valence-electron chi connectivity index (χ4n) is 6.16. The number of hydrogen-bond acceptors (Lipinski definition) is 4. The third-order valence-electron chi connectivity index (χ3n) is 7.45. The topological polar surface area (TPSA) is 55.6 Å². The Morgan fingerprint density at radius 3 is 2.38 bits per heavy atom. The van der Waals surface area contributed by atoms with Gasteiger partial charge in [-0.1, -0.05) is 6.42 Å². The second kappa shape index (κ2) is 5.05. The van der Waals surface area contributed by atoms with E-state index in [1.54, 1.807) is 11.3 Å². The normalized spacial score (nSPS) is 43.8. The lowest BCUT2D eigenvalue weighted by atomic mass is 9.48. The molecule has 4 aliphatic carbocycles. The van der Waals surface area contributed by atoms with Gasteiger partial charge in [-0.2, -0.15) is 0 Å². The van der Waals surface area contributed by atoms with Crippen molar-refractivity contribution in [1.29, 1.82) is 0 Å². The van der Waals surface area contributed by atoms with Crippen LogP contribution in [0.25, 0.3) is 0 Å². The number of primary amides is 1. The zero-order chi connectivity index (χ0) is 16.5. The summed E-state index contributed by atoms with van der Waals surface area (Å²) in [5.41, 5.74) is 5.83. The molecular weight excluding hydrogens is 320 g/mol. The standard InChI is InChI=1S/C19H26N2O2S/c1-23-19(16-6-5-15(24-16)17(20)22)13-3-2-4-14(19)11-21(10-13)18-7-12(8-18)9-18/h5-6,12-14H,2-4,7-11H2,1H3,(H2,20,22)/t12?,13-,14+,18?,19+. The van der Waals surface area contributed by atoms with E-state index in [4.69, 9.17) is 10.5 Å².